The van der Waals surface area contributed by atoms with E-state index in [1.54, 1.807) is 17.6 Å². The van der Waals surface area contributed by atoms with E-state index in [0.717, 1.165) is 10.6 Å². The topological polar surface area (TPSA) is 151 Å². The highest BCUT2D eigenvalue weighted by Gasteiger charge is 2.38. The second kappa shape index (κ2) is 11.3. The molecule has 1 saturated heterocycles. The van der Waals surface area contributed by atoms with Crippen molar-refractivity contribution in [1.82, 2.24) is 24.5 Å². The van der Waals surface area contributed by atoms with Gasteiger partial charge in [-0.25, -0.2) is 14.3 Å². The Bertz CT molecular complexity index is 1530. The fraction of sp³-hybridized carbons (Fsp3) is 0.292. The molecule has 1 aromatic carbocycles. The van der Waals surface area contributed by atoms with Crippen molar-refractivity contribution in [2.24, 2.45) is 0 Å². The van der Waals surface area contributed by atoms with Gasteiger partial charge in [-0.3, -0.25) is 14.2 Å². The van der Waals surface area contributed by atoms with Gasteiger partial charge in [0, 0.05) is 10.9 Å². The summed E-state index contributed by atoms with van der Waals surface area (Å²) in [6.45, 7) is 1.61. The van der Waals surface area contributed by atoms with Gasteiger partial charge in [-0.1, -0.05) is 30.3 Å². The van der Waals surface area contributed by atoms with Crippen molar-refractivity contribution >= 4 is 34.4 Å². The fourth-order valence-corrected chi connectivity index (χ4v) is 4.67. The maximum Gasteiger partial charge on any atom is 0.490 e. The standard InChI is InChI=1S/C22H22N6O3S.C2HF3O2/c29-19(17-12-32-20(26-17)15-4-2-1-3-5-15)25-16-10-18-21(30)27(14-24-28(18)11-16)13-22(31)6-8-23-9-7-22;3-2(4,5)1(6)7/h1-5,10-12,14,23,31H,6-9,13H2,(H,25,29);(H,6,7). The third kappa shape index (κ3) is 6.87. The monoisotopic (exact) mass is 564 g/mol. The quantitative estimate of drug-likeness (QED) is 0.289. The van der Waals surface area contributed by atoms with Crippen LogP contribution in [0.5, 0.6) is 0 Å². The lowest BCUT2D eigenvalue weighted by Gasteiger charge is -2.32. The first-order chi connectivity index (χ1) is 18.4. The highest BCUT2D eigenvalue weighted by molar-refractivity contribution is 7.13. The van der Waals surface area contributed by atoms with E-state index in [1.165, 1.54) is 26.7 Å². The summed E-state index contributed by atoms with van der Waals surface area (Å²) in [6.07, 6.45) is -0.923. The van der Waals surface area contributed by atoms with E-state index >= 15 is 0 Å². The van der Waals surface area contributed by atoms with Gasteiger partial charge in [0.05, 0.1) is 24.0 Å². The number of carbonyl (C=O) groups is 2. The van der Waals surface area contributed by atoms with Crippen molar-refractivity contribution in [3.05, 3.63) is 70.4 Å². The second-order valence-corrected chi connectivity index (χ2v) is 9.62. The lowest BCUT2D eigenvalue weighted by atomic mass is 9.92. The van der Waals surface area contributed by atoms with Gasteiger partial charge in [0.25, 0.3) is 11.5 Å². The van der Waals surface area contributed by atoms with Crippen molar-refractivity contribution in [1.29, 1.82) is 0 Å². The third-order valence-electron chi connectivity index (χ3n) is 5.85. The van der Waals surface area contributed by atoms with Gasteiger partial charge in [-0.2, -0.15) is 18.3 Å². The largest absolute Gasteiger partial charge is 0.490 e. The van der Waals surface area contributed by atoms with Crippen LogP contribution in [0.4, 0.5) is 18.9 Å². The summed E-state index contributed by atoms with van der Waals surface area (Å²) < 4.78 is 34.6. The summed E-state index contributed by atoms with van der Waals surface area (Å²) in [5.41, 5.74) is 0.831. The van der Waals surface area contributed by atoms with Crippen molar-refractivity contribution < 1.29 is 33.0 Å². The highest BCUT2D eigenvalue weighted by Crippen LogP contribution is 2.24. The van der Waals surface area contributed by atoms with Crippen molar-refractivity contribution in [2.75, 3.05) is 18.4 Å². The SMILES string of the molecule is O=C(Nc1cc2c(=O)n(CC3(O)CCNCC3)cnn2c1)c1csc(-c2ccccc2)n1.O=C(O)C(F)(F)F. The smallest absolute Gasteiger partial charge is 0.475 e. The number of anilines is 1. The molecule has 0 radical (unpaired) electrons. The van der Waals surface area contributed by atoms with E-state index in [-0.39, 0.29) is 18.0 Å². The average molecular weight is 565 g/mol. The summed E-state index contributed by atoms with van der Waals surface area (Å²) >= 11 is 1.40. The van der Waals surface area contributed by atoms with E-state index in [9.17, 15) is 27.9 Å². The van der Waals surface area contributed by atoms with Gasteiger partial charge in [-0.15, -0.1) is 11.3 Å². The van der Waals surface area contributed by atoms with Crippen LogP contribution in [-0.4, -0.2) is 66.1 Å². The Morgan fingerprint density at radius 2 is 1.85 bits per heavy atom. The Balaban J connectivity index is 0.000000448. The molecule has 0 spiro atoms. The number of benzene rings is 1. The number of fused-ring (bicyclic) bond motifs is 1. The van der Waals surface area contributed by atoms with Gasteiger partial charge in [0.2, 0.25) is 0 Å². The lowest BCUT2D eigenvalue weighted by molar-refractivity contribution is -0.192. The van der Waals surface area contributed by atoms with Gasteiger partial charge >= 0.3 is 12.1 Å². The Labute approximate surface area is 222 Å². The van der Waals surface area contributed by atoms with Gasteiger partial charge in [0.1, 0.15) is 22.5 Å². The van der Waals surface area contributed by atoms with Crippen LogP contribution in [0.2, 0.25) is 0 Å². The zero-order chi connectivity index (χ0) is 28.2. The van der Waals surface area contributed by atoms with Crippen LogP contribution in [-0.2, 0) is 11.3 Å². The van der Waals surface area contributed by atoms with Gasteiger partial charge < -0.3 is 20.8 Å². The molecule has 15 heteroatoms. The van der Waals surface area contributed by atoms with Crippen molar-refractivity contribution in [3.8, 4) is 10.6 Å². The number of thiazole rings is 1. The lowest BCUT2D eigenvalue weighted by Crippen LogP contribution is -2.46. The van der Waals surface area contributed by atoms with Crippen LogP contribution in [0, 0.1) is 0 Å². The summed E-state index contributed by atoms with van der Waals surface area (Å²) in [5.74, 6) is -3.11. The molecule has 0 aliphatic carbocycles. The van der Waals surface area contributed by atoms with E-state index in [0.29, 0.717) is 42.8 Å². The number of aliphatic carboxylic acids is 1. The number of halogens is 3. The van der Waals surface area contributed by atoms with Crippen LogP contribution in [0.1, 0.15) is 23.3 Å². The number of hydrogen-bond donors (Lipinski definition) is 4. The second-order valence-electron chi connectivity index (χ2n) is 8.76. The number of alkyl halides is 3. The zero-order valence-corrected chi connectivity index (χ0v) is 21.0. The molecule has 0 bridgehead atoms. The molecule has 0 atom stereocenters. The predicted molar refractivity (Wildman–Crippen MR) is 136 cm³/mol. The first kappa shape index (κ1) is 27.9. The molecular formula is C24H23F3N6O5S. The zero-order valence-electron chi connectivity index (χ0n) is 20.2. The molecule has 206 valence electrons. The molecule has 1 amide bonds. The van der Waals surface area contributed by atoms with Crippen LogP contribution >= 0.6 is 11.3 Å². The van der Waals surface area contributed by atoms with E-state index < -0.39 is 17.7 Å². The Morgan fingerprint density at radius 1 is 1.18 bits per heavy atom. The molecule has 0 saturated carbocycles. The maximum atomic E-state index is 12.9. The number of aliphatic hydroxyl groups is 1. The number of carboxylic acid groups (broad SMARTS) is 1. The molecular weight excluding hydrogens is 541 g/mol. The number of nitrogens with one attached hydrogen (secondary N) is 2. The average Bonchev–Trinajstić information content (AvgIpc) is 3.55. The number of hydrogen-bond acceptors (Lipinski definition) is 8. The van der Waals surface area contributed by atoms with Crippen LogP contribution in [0.25, 0.3) is 16.1 Å². The number of nitrogens with zero attached hydrogens (tertiary/aromatic N) is 4. The molecule has 1 fully saturated rings. The molecule has 4 heterocycles. The normalized spacial score (nSPS) is 14.9. The molecule has 39 heavy (non-hydrogen) atoms. The molecule has 11 nitrogen and oxygen atoms in total. The summed E-state index contributed by atoms with van der Waals surface area (Å²) in [6, 6.07) is 11.2. The maximum absolute atomic E-state index is 12.9. The Morgan fingerprint density at radius 3 is 2.49 bits per heavy atom. The first-order valence-electron chi connectivity index (χ1n) is 11.6. The molecule has 3 aromatic heterocycles. The van der Waals surface area contributed by atoms with E-state index in [2.05, 4.69) is 20.7 Å². The summed E-state index contributed by atoms with van der Waals surface area (Å²) in [4.78, 5) is 38.9. The number of piperidine rings is 1. The molecule has 1 aliphatic rings. The molecule has 5 rings (SSSR count). The van der Waals surface area contributed by atoms with Crippen LogP contribution in [0.3, 0.4) is 0 Å². The minimum absolute atomic E-state index is 0.185. The minimum atomic E-state index is -5.08. The number of amides is 1. The number of aromatic nitrogens is 4. The van der Waals surface area contributed by atoms with Gasteiger partial charge in [0.15, 0.2) is 0 Å². The van der Waals surface area contributed by atoms with Crippen molar-refractivity contribution in [3.63, 3.8) is 0 Å². The van der Waals surface area contributed by atoms with E-state index in [1.807, 2.05) is 30.3 Å². The summed E-state index contributed by atoms with van der Waals surface area (Å²) in [7, 11) is 0. The predicted octanol–water partition coefficient (Wildman–Crippen LogP) is 2.62. The third-order valence-corrected chi connectivity index (χ3v) is 6.74. The van der Waals surface area contributed by atoms with Gasteiger partial charge in [-0.05, 0) is 32.0 Å². The fourth-order valence-electron chi connectivity index (χ4n) is 3.86. The van der Waals surface area contributed by atoms with E-state index in [4.69, 9.17) is 9.90 Å². The summed E-state index contributed by atoms with van der Waals surface area (Å²) in [5, 5.41) is 30.6. The molecule has 4 aromatic rings. The first-order valence-corrected chi connectivity index (χ1v) is 12.5. The number of rotatable bonds is 5. The minimum Gasteiger partial charge on any atom is -0.475 e. The van der Waals surface area contributed by atoms with Crippen molar-refractivity contribution in [2.45, 2.75) is 31.2 Å². The Kier molecular flexibility index (Phi) is 8.13. The van der Waals surface area contributed by atoms with Crippen LogP contribution < -0.4 is 16.2 Å². The number of carbonyl (C=O) groups excluding carboxylic acids is 1. The van der Waals surface area contributed by atoms with Crippen LogP contribution in [0.15, 0.2) is 59.1 Å². The molecule has 1 aliphatic heterocycles. The molecule has 0 unspecified atom stereocenters. The highest BCUT2D eigenvalue weighted by atomic mass is 32.1. The number of carboxylic acids is 1. The Hall–Kier alpha value is -4.08. The molecule has 4 N–H and O–H groups in total.